The van der Waals surface area contributed by atoms with Crippen LogP contribution in [-0.4, -0.2) is 42.1 Å². The van der Waals surface area contributed by atoms with Gasteiger partial charge in [-0.05, 0) is 55.2 Å². The first-order valence-corrected chi connectivity index (χ1v) is 10.6. The average Bonchev–Trinajstić information content (AvgIpc) is 3.54. The first-order chi connectivity index (χ1) is 14.6. The fourth-order valence-corrected chi connectivity index (χ4v) is 4.42. The highest BCUT2D eigenvalue weighted by Crippen LogP contribution is 2.47. The van der Waals surface area contributed by atoms with Crippen molar-refractivity contribution in [3.05, 3.63) is 71.4 Å². The number of benzene rings is 2. The van der Waals surface area contributed by atoms with E-state index in [0.717, 1.165) is 72.3 Å². The van der Waals surface area contributed by atoms with Crippen molar-refractivity contribution in [1.29, 1.82) is 0 Å². The van der Waals surface area contributed by atoms with Gasteiger partial charge in [-0.25, -0.2) is 5.01 Å². The van der Waals surface area contributed by atoms with E-state index in [9.17, 15) is 4.79 Å². The van der Waals surface area contributed by atoms with Crippen molar-refractivity contribution >= 4 is 22.5 Å². The third-order valence-corrected chi connectivity index (χ3v) is 6.41. The highest BCUT2D eigenvalue weighted by atomic mass is 16.1. The van der Waals surface area contributed by atoms with Gasteiger partial charge < -0.3 is 10.2 Å². The molecule has 5 rings (SSSR count). The Hall–Kier alpha value is -2.96. The first kappa shape index (κ1) is 19.0. The second-order valence-electron chi connectivity index (χ2n) is 8.43. The number of para-hydroxylation sites is 1. The Balaban J connectivity index is 1.42. The normalized spacial score (nSPS) is 18.4. The molecule has 0 atom stereocenters. The van der Waals surface area contributed by atoms with Crippen LogP contribution >= 0.6 is 0 Å². The van der Waals surface area contributed by atoms with E-state index in [1.54, 1.807) is 0 Å². The maximum Gasteiger partial charge on any atom is 0.252 e. The number of aromatic nitrogens is 1. The number of aryl methyl sites for hydroxylation is 1. The van der Waals surface area contributed by atoms with Crippen LogP contribution in [0.25, 0.3) is 10.9 Å². The summed E-state index contributed by atoms with van der Waals surface area (Å²) in [6, 6.07) is 16.3. The lowest BCUT2D eigenvalue weighted by Crippen LogP contribution is -2.49. The highest BCUT2D eigenvalue weighted by Gasteiger charge is 2.46. The number of carbonyl (C=O) groups excluding carboxylic acids is 1. The van der Waals surface area contributed by atoms with Crippen LogP contribution in [0.3, 0.4) is 0 Å². The molecule has 0 bridgehead atoms. The van der Waals surface area contributed by atoms with Gasteiger partial charge in [-0.15, -0.1) is 0 Å². The van der Waals surface area contributed by atoms with Crippen molar-refractivity contribution in [2.75, 3.05) is 31.1 Å². The summed E-state index contributed by atoms with van der Waals surface area (Å²) in [5.41, 5.74) is 4.64. The van der Waals surface area contributed by atoms with Gasteiger partial charge >= 0.3 is 0 Å². The van der Waals surface area contributed by atoms with Gasteiger partial charge in [0.2, 0.25) is 0 Å². The van der Waals surface area contributed by atoms with Crippen molar-refractivity contribution < 1.29 is 4.79 Å². The maximum absolute atomic E-state index is 13.3. The zero-order chi connectivity index (χ0) is 20.7. The molecule has 1 saturated heterocycles. The molecule has 0 radical (unpaired) electrons. The minimum absolute atomic E-state index is 0.00907. The molecule has 0 unspecified atom stereocenters. The first-order valence-electron chi connectivity index (χ1n) is 10.6. The van der Waals surface area contributed by atoms with E-state index >= 15 is 0 Å². The zero-order valence-corrected chi connectivity index (χ0v) is 17.3. The van der Waals surface area contributed by atoms with E-state index in [2.05, 4.69) is 27.3 Å². The summed E-state index contributed by atoms with van der Waals surface area (Å²) in [5, 5.41) is 6.31. The minimum atomic E-state index is -0.298. The summed E-state index contributed by atoms with van der Waals surface area (Å²) < 4.78 is 0. The molecular weight excluding hydrogens is 374 g/mol. The number of hydrogen-bond acceptors (Lipinski definition) is 5. The summed E-state index contributed by atoms with van der Waals surface area (Å²) >= 11 is 0. The lowest BCUT2D eigenvalue weighted by atomic mass is 9.99. The fourth-order valence-electron chi connectivity index (χ4n) is 4.42. The molecule has 2 heterocycles. The number of nitrogens with zero attached hydrogens (tertiary/aromatic N) is 3. The predicted octanol–water partition coefficient (Wildman–Crippen LogP) is 2.96. The lowest BCUT2D eigenvalue weighted by Gasteiger charge is -2.34. The van der Waals surface area contributed by atoms with Crippen LogP contribution in [0.4, 0.5) is 5.69 Å². The quantitative estimate of drug-likeness (QED) is 0.658. The van der Waals surface area contributed by atoms with Gasteiger partial charge in [0.25, 0.3) is 5.91 Å². The zero-order valence-electron chi connectivity index (χ0n) is 17.3. The molecule has 1 saturated carbocycles. The number of pyridine rings is 1. The maximum atomic E-state index is 13.3. The van der Waals surface area contributed by atoms with E-state index in [4.69, 9.17) is 5.84 Å². The van der Waals surface area contributed by atoms with Gasteiger partial charge in [0.1, 0.15) is 0 Å². The van der Waals surface area contributed by atoms with E-state index in [0.29, 0.717) is 0 Å². The van der Waals surface area contributed by atoms with Gasteiger partial charge in [-0.2, -0.15) is 0 Å². The summed E-state index contributed by atoms with van der Waals surface area (Å²) in [4.78, 5) is 20.1. The molecule has 1 amide bonds. The topological polar surface area (TPSA) is 74.5 Å². The largest absolute Gasteiger partial charge is 0.369 e. The number of hydrogen-bond donors (Lipinski definition) is 2. The molecule has 1 aromatic heterocycles. The number of nitrogens with one attached hydrogen (secondary N) is 1. The SMILES string of the molecule is Cc1ccc(N2CCN(N)CC2)cc1C(=O)NC1(c2ccnc3ccccc23)CC1. The van der Waals surface area contributed by atoms with E-state index in [1.807, 2.05) is 54.5 Å². The predicted molar refractivity (Wildman–Crippen MR) is 119 cm³/mol. The fraction of sp³-hybridized carbons (Fsp3) is 0.333. The third-order valence-electron chi connectivity index (χ3n) is 6.41. The standard InChI is InChI=1S/C24H27N5O/c1-17-6-7-18(28-12-14-29(25)15-13-28)16-20(17)23(30)27-24(9-10-24)21-8-11-26-22-5-3-2-4-19(21)22/h2-8,11,16H,9-10,12-15,25H2,1H3,(H,27,30). The number of hydrazine groups is 1. The lowest BCUT2D eigenvalue weighted by molar-refractivity contribution is 0.0930. The van der Waals surface area contributed by atoms with Gasteiger partial charge in [0, 0.05) is 49.0 Å². The Morgan fingerprint density at radius 2 is 1.83 bits per heavy atom. The Kier molecular flexibility index (Phi) is 4.68. The summed E-state index contributed by atoms with van der Waals surface area (Å²) in [6.45, 7) is 5.39. The van der Waals surface area contributed by atoms with Gasteiger partial charge in [-0.3, -0.25) is 15.6 Å². The van der Waals surface area contributed by atoms with Gasteiger partial charge in [0.15, 0.2) is 0 Å². The molecule has 6 nitrogen and oxygen atoms in total. The number of piperazine rings is 1. The Morgan fingerprint density at radius 1 is 1.07 bits per heavy atom. The molecular formula is C24H27N5O. The van der Waals surface area contributed by atoms with E-state index < -0.39 is 0 Å². The van der Waals surface area contributed by atoms with Crippen LogP contribution in [0, 0.1) is 6.92 Å². The molecule has 2 aliphatic rings. The average molecular weight is 402 g/mol. The number of fused-ring (bicyclic) bond motifs is 1. The number of anilines is 1. The van der Waals surface area contributed by atoms with Crippen molar-refractivity contribution in [1.82, 2.24) is 15.3 Å². The van der Waals surface area contributed by atoms with Crippen LogP contribution in [0.2, 0.25) is 0 Å². The number of carbonyl (C=O) groups is 1. The van der Waals surface area contributed by atoms with Crippen LogP contribution in [0.5, 0.6) is 0 Å². The molecule has 6 heteroatoms. The molecule has 2 aromatic carbocycles. The Morgan fingerprint density at radius 3 is 2.60 bits per heavy atom. The Labute approximate surface area is 176 Å². The monoisotopic (exact) mass is 401 g/mol. The van der Waals surface area contributed by atoms with E-state index in [1.165, 1.54) is 0 Å². The molecule has 30 heavy (non-hydrogen) atoms. The number of amides is 1. The molecule has 3 aromatic rings. The number of nitrogens with two attached hydrogens (primary N) is 1. The van der Waals surface area contributed by atoms with Crippen LogP contribution < -0.4 is 16.1 Å². The van der Waals surface area contributed by atoms with Gasteiger partial charge in [0.05, 0.1) is 11.1 Å². The Bertz CT molecular complexity index is 1090. The molecule has 0 spiro atoms. The summed E-state index contributed by atoms with van der Waals surface area (Å²) in [5.74, 6) is 5.88. The van der Waals surface area contributed by atoms with Crippen LogP contribution in [0.1, 0.15) is 34.3 Å². The van der Waals surface area contributed by atoms with Crippen molar-refractivity contribution in [2.24, 2.45) is 5.84 Å². The van der Waals surface area contributed by atoms with Crippen molar-refractivity contribution in [3.63, 3.8) is 0 Å². The smallest absolute Gasteiger partial charge is 0.252 e. The second-order valence-corrected chi connectivity index (χ2v) is 8.43. The van der Waals surface area contributed by atoms with E-state index in [-0.39, 0.29) is 11.4 Å². The summed E-state index contributed by atoms with van der Waals surface area (Å²) in [7, 11) is 0. The molecule has 154 valence electrons. The molecule has 3 N–H and O–H groups in total. The second kappa shape index (κ2) is 7.38. The van der Waals surface area contributed by atoms with Crippen LogP contribution in [-0.2, 0) is 5.54 Å². The molecule has 1 aliphatic heterocycles. The summed E-state index contributed by atoms with van der Waals surface area (Å²) in [6.07, 6.45) is 3.74. The third kappa shape index (κ3) is 3.42. The number of rotatable bonds is 4. The van der Waals surface area contributed by atoms with Crippen molar-refractivity contribution in [3.8, 4) is 0 Å². The van der Waals surface area contributed by atoms with Crippen LogP contribution in [0.15, 0.2) is 54.7 Å². The minimum Gasteiger partial charge on any atom is -0.369 e. The highest BCUT2D eigenvalue weighted by molar-refractivity contribution is 5.98. The van der Waals surface area contributed by atoms with Gasteiger partial charge in [-0.1, -0.05) is 24.3 Å². The molecule has 1 aliphatic carbocycles. The van der Waals surface area contributed by atoms with Crippen molar-refractivity contribution in [2.45, 2.75) is 25.3 Å². The molecule has 2 fully saturated rings.